The van der Waals surface area contributed by atoms with Gasteiger partial charge in [0.1, 0.15) is 11.6 Å². The maximum absolute atomic E-state index is 5.18. The molecule has 1 aromatic heterocycles. The van der Waals surface area contributed by atoms with Crippen molar-refractivity contribution in [1.29, 1.82) is 0 Å². The summed E-state index contributed by atoms with van der Waals surface area (Å²) in [5, 5.41) is 0. The summed E-state index contributed by atoms with van der Waals surface area (Å²) < 4.78 is 5.18. The molecule has 94 valence electrons. The third-order valence-corrected chi connectivity index (χ3v) is 2.76. The standard InChI is InChI=1S/C15H18N2O/c1-12(2)17(15-6-4-5-11-16-15)13-7-9-14(18-3)10-8-13/h4-12H,1-3H3. The second-order valence-corrected chi connectivity index (χ2v) is 4.35. The van der Waals surface area contributed by atoms with E-state index in [0.29, 0.717) is 6.04 Å². The number of pyridine rings is 1. The molecule has 1 heterocycles. The largest absolute Gasteiger partial charge is 0.497 e. The summed E-state index contributed by atoms with van der Waals surface area (Å²) in [5.41, 5.74) is 1.12. The maximum Gasteiger partial charge on any atom is 0.133 e. The fourth-order valence-electron chi connectivity index (χ4n) is 1.93. The quantitative estimate of drug-likeness (QED) is 0.818. The van der Waals surface area contributed by atoms with Gasteiger partial charge < -0.3 is 9.64 Å². The van der Waals surface area contributed by atoms with Crippen molar-refractivity contribution in [1.82, 2.24) is 4.98 Å². The van der Waals surface area contributed by atoms with E-state index >= 15 is 0 Å². The van der Waals surface area contributed by atoms with Gasteiger partial charge in [-0.3, -0.25) is 0 Å². The molecule has 0 fully saturated rings. The Bertz CT molecular complexity index is 480. The summed E-state index contributed by atoms with van der Waals surface area (Å²) in [7, 11) is 1.67. The van der Waals surface area contributed by atoms with Crippen molar-refractivity contribution in [3.05, 3.63) is 48.7 Å². The summed E-state index contributed by atoms with van der Waals surface area (Å²) in [6.45, 7) is 4.30. The van der Waals surface area contributed by atoms with Gasteiger partial charge in [0, 0.05) is 17.9 Å². The van der Waals surface area contributed by atoms with E-state index in [2.05, 4.69) is 23.7 Å². The van der Waals surface area contributed by atoms with Gasteiger partial charge in [-0.1, -0.05) is 6.07 Å². The molecule has 1 aromatic carbocycles. The van der Waals surface area contributed by atoms with E-state index < -0.39 is 0 Å². The highest BCUT2D eigenvalue weighted by atomic mass is 16.5. The van der Waals surface area contributed by atoms with Crippen LogP contribution in [0.2, 0.25) is 0 Å². The Kier molecular flexibility index (Phi) is 3.82. The van der Waals surface area contributed by atoms with Crippen LogP contribution < -0.4 is 9.64 Å². The van der Waals surface area contributed by atoms with Crippen LogP contribution in [0.5, 0.6) is 5.75 Å². The molecular weight excluding hydrogens is 224 g/mol. The zero-order valence-electron chi connectivity index (χ0n) is 11.0. The zero-order valence-corrected chi connectivity index (χ0v) is 11.0. The maximum atomic E-state index is 5.18. The lowest BCUT2D eigenvalue weighted by molar-refractivity contribution is 0.415. The molecule has 0 aliphatic heterocycles. The van der Waals surface area contributed by atoms with E-state index in [1.54, 1.807) is 7.11 Å². The first kappa shape index (κ1) is 12.4. The number of rotatable bonds is 4. The van der Waals surface area contributed by atoms with Crippen molar-refractivity contribution < 1.29 is 4.74 Å². The molecule has 0 aliphatic rings. The van der Waals surface area contributed by atoms with Crippen LogP contribution in [0.15, 0.2) is 48.7 Å². The van der Waals surface area contributed by atoms with Crippen LogP contribution in [0.4, 0.5) is 11.5 Å². The van der Waals surface area contributed by atoms with Gasteiger partial charge >= 0.3 is 0 Å². The number of hydrogen-bond acceptors (Lipinski definition) is 3. The topological polar surface area (TPSA) is 25.4 Å². The summed E-state index contributed by atoms with van der Waals surface area (Å²) in [5.74, 6) is 1.82. The van der Waals surface area contributed by atoms with Gasteiger partial charge in [-0.25, -0.2) is 4.98 Å². The highest BCUT2D eigenvalue weighted by Crippen LogP contribution is 2.27. The van der Waals surface area contributed by atoms with Gasteiger partial charge in [0.15, 0.2) is 0 Å². The molecule has 2 rings (SSSR count). The minimum absolute atomic E-state index is 0.341. The minimum atomic E-state index is 0.341. The first-order chi connectivity index (χ1) is 8.72. The van der Waals surface area contributed by atoms with E-state index in [0.717, 1.165) is 17.3 Å². The van der Waals surface area contributed by atoms with Crippen molar-refractivity contribution >= 4 is 11.5 Å². The van der Waals surface area contributed by atoms with Crippen LogP contribution >= 0.6 is 0 Å². The van der Waals surface area contributed by atoms with Gasteiger partial charge in [-0.2, -0.15) is 0 Å². The molecule has 3 heteroatoms. The smallest absolute Gasteiger partial charge is 0.133 e. The predicted molar refractivity (Wildman–Crippen MR) is 74.5 cm³/mol. The van der Waals surface area contributed by atoms with Crippen molar-refractivity contribution in [3.8, 4) is 5.75 Å². The number of ether oxygens (including phenoxy) is 1. The average molecular weight is 242 g/mol. The highest BCUT2D eigenvalue weighted by molar-refractivity contribution is 5.61. The molecule has 0 atom stereocenters. The molecule has 0 N–H and O–H groups in total. The first-order valence-electron chi connectivity index (χ1n) is 6.06. The average Bonchev–Trinajstić information content (AvgIpc) is 2.40. The third-order valence-electron chi connectivity index (χ3n) is 2.76. The third kappa shape index (κ3) is 2.62. The Balaban J connectivity index is 2.36. The number of benzene rings is 1. The molecule has 0 spiro atoms. The van der Waals surface area contributed by atoms with Crippen molar-refractivity contribution in [2.75, 3.05) is 12.0 Å². The molecule has 0 unspecified atom stereocenters. The Hall–Kier alpha value is -2.03. The van der Waals surface area contributed by atoms with Gasteiger partial charge in [0.2, 0.25) is 0 Å². The molecule has 0 saturated heterocycles. The van der Waals surface area contributed by atoms with E-state index in [9.17, 15) is 0 Å². The van der Waals surface area contributed by atoms with E-state index in [-0.39, 0.29) is 0 Å². The summed E-state index contributed by atoms with van der Waals surface area (Å²) in [6.07, 6.45) is 1.81. The molecule has 0 aliphatic carbocycles. The number of nitrogens with zero attached hydrogens (tertiary/aromatic N) is 2. The fraction of sp³-hybridized carbons (Fsp3) is 0.267. The Morgan fingerprint density at radius 1 is 1.06 bits per heavy atom. The minimum Gasteiger partial charge on any atom is -0.497 e. The van der Waals surface area contributed by atoms with Gasteiger partial charge in [-0.15, -0.1) is 0 Å². The van der Waals surface area contributed by atoms with Gasteiger partial charge in [-0.05, 0) is 50.2 Å². The normalized spacial score (nSPS) is 10.4. The summed E-state index contributed by atoms with van der Waals surface area (Å²) in [4.78, 5) is 6.61. The molecule has 0 bridgehead atoms. The Labute approximate surface area is 108 Å². The van der Waals surface area contributed by atoms with Gasteiger partial charge in [0.05, 0.1) is 7.11 Å². The molecule has 0 saturated carbocycles. The molecular formula is C15H18N2O. The highest BCUT2D eigenvalue weighted by Gasteiger charge is 2.13. The summed E-state index contributed by atoms with van der Waals surface area (Å²) >= 11 is 0. The SMILES string of the molecule is COc1ccc(N(c2ccccn2)C(C)C)cc1. The van der Waals surface area contributed by atoms with Crippen molar-refractivity contribution in [2.45, 2.75) is 19.9 Å². The van der Waals surface area contributed by atoms with Crippen LogP contribution in [-0.4, -0.2) is 18.1 Å². The van der Waals surface area contributed by atoms with Crippen LogP contribution in [0.3, 0.4) is 0 Å². The molecule has 0 radical (unpaired) electrons. The van der Waals surface area contributed by atoms with Crippen LogP contribution in [0, 0.1) is 0 Å². The summed E-state index contributed by atoms with van der Waals surface area (Å²) in [6, 6.07) is 14.3. The molecule has 18 heavy (non-hydrogen) atoms. The van der Waals surface area contributed by atoms with Crippen molar-refractivity contribution in [3.63, 3.8) is 0 Å². The lowest BCUT2D eigenvalue weighted by Gasteiger charge is -2.28. The van der Waals surface area contributed by atoms with Crippen molar-refractivity contribution in [2.24, 2.45) is 0 Å². The van der Waals surface area contributed by atoms with Crippen LogP contribution in [0.1, 0.15) is 13.8 Å². The number of aromatic nitrogens is 1. The second-order valence-electron chi connectivity index (χ2n) is 4.35. The number of hydrogen-bond donors (Lipinski definition) is 0. The molecule has 0 amide bonds. The number of anilines is 2. The monoisotopic (exact) mass is 242 g/mol. The van der Waals surface area contributed by atoms with Crippen LogP contribution in [-0.2, 0) is 0 Å². The molecule has 3 nitrogen and oxygen atoms in total. The van der Waals surface area contributed by atoms with E-state index in [4.69, 9.17) is 4.74 Å². The Morgan fingerprint density at radius 3 is 2.28 bits per heavy atom. The first-order valence-corrected chi connectivity index (χ1v) is 6.06. The lowest BCUT2D eigenvalue weighted by Crippen LogP contribution is -2.26. The predicted octanol–water partition coefficient (Wildman–Crippen LogP) is 3.64. The zero-order chi connectivity index (χ0) is 13.0. The van der Waals surface area contributed by atoms with Gasteiger partial charge in [0.25, 0.3) is 0 Å². The van der Waals surface area contributed by atoms with Crippen LogP contribution in [0.25, 0.3) is 0 Å². The Morgan fingerprint density at radius 2 is 1.78 bits per heavy atom. The fourth-order valence-corrected chi connectivity index (χ4v) is 1.93. The molecule has 2 aromatic rings. The van der Waals surface area contributed by atoms with E-state index in [1.807, 2.05) is 48.7 Å². The van der Waals surface area contributed by atoms with E-state index in [1.165, 1.54) is 0 Å². The second kappa shape index (κ2) is 5.54. The number of methoxy groups -OCH3 is 1. The lowest BCUT2D eigenvalue weighted by atomic mass is 10.2.